The molecule has 66 valence electrons. The van der Waals surface area contributed by atoms with Gasteiger partial charge >= 0.3 is 0 Å². The summed E-state index contributed by atoms with van der Waals surface area (Å²) in [7, 11) is 2.22. The Hall–Kier alpha value is -0.0400. The maximum atomic E-state index is 2.43. The van der Waals surface area contributed by atoms with Crippen LogP contribution < -0.4 is 0 Å². The fourth-order valence-corrected chi connectivity index (χ4v) is 1.89. The van der Waals surface area contributed by atoms with Crippen LogP contribution in [-0.2, 0) is 0 Å². The van der Waals surface area contributed by atoms with E-state index in [9.17, 15) is 0 Å². The first kappa shape index (κ1) is 9.05. The molecule has 0 aromatic heterocycles. The van der Waals surface area contributed by atoms with Gasteiger partial charge < -0.3 is 4.90 Å². The fourth-order valence-electron chi connectivity index (χ4n) is 1.89. The van der Waals surface area contributed by atoms with Crippen molar-refractivity contribution in [1.82, 2.24) is 4.90 Å². The predicted octanol–water partition coefficient (Wildman–Crippen LogP) is 2.37. The van der Waals surface area contributed by atoms with Crippen LogP contribution in [0.3, 0.4) is 0 Å². The van der Waals surface area contributed by atoms with Crippen LogP contribution in [0.4, 0.5) is 0 Å². The molecular formula is C10H21N. The molecule has 0 aromatic rings. The van der Waals surface area contributed by atoms with Crippen molar-refractivity contribution in [2.24, 2.45) is 11.3 Å². The molecule has 1 saturated carbocycles. The highest BCUT2D eigenvalue weighted by Gasteiger charge is 2.39. The minimum atomic E-state index is 0.630. The van der Waals surface area contributed by atoms with Gasteiger partial charge in [-0.25, -0.2) is 0 Å². The van der Waals surface area contributed by atoms with Gasteiger partial charge in [0.15, 0.2) is 0 Å². The third-order valence-corrected chi connectivity index (χ3v) is 3.51. The van der Waals surface area contributed by atoms with Crippen LogP contribution in [-0.4, -0.2) is 25.0 Å². The molecule has 0 heterocycles. The topological polar surface area (TPSA) is 3.24 Å². The Balaban J connectivity index is 2.35. The molecule has 0 N–H and O–H groups in total. The summed E-state index contributed by atoms with van der Waals surface area (Å²) in [5, 5.41) is 0. The van der Waals surface area contributed by atoms with E-state index in [4.69, 9.17) is 0 Å². The van der Waals surface area contributed by atoms with Gasteiger partial charge in [0.05, 0.1) is 0 Å². The Bertz CT molecular complexity index is 133. The van der Waals surface area contributed by atoms with E-state index in [1.54, 1.807) is 0 Å². The second-order valence-electron chi connectivity index (χ2n) is 4.42. The zero-order chi connectivity index (χ0) is 8.48. The van der Waals surface area contributed by atoms with Gasteiger partial charge in [-0.1, -0.05) is 20.8 Å². The first-order valence-corrected chi connectivity index (χ1v) is 4.77. The summed E-state index contributed by atoms with van der Waals surface area (Å²) in [6.07, 6.45) is 2.87. The predicted molar refractivity (Wildman–Crippen MR) is 49.7 cm³/mol. The summed E-state index contributed by atoms with van der Waals surface area (Å²) in [6, 6.07) is 0. The van der Waals surface area contributed by atoms with Gasteiger partial charge in [0.2, 0.25) is 0 Å². The Morgan fingerprint density at radius 1 is 1.55 bits per heavy atom. The minimum absolute atomic E-state index is 0.630. The quantitative estimate of drug-likeness (QED) is 0.605. The Morgan fingerprint density at radius 2 is 2.18 bits per heavy atom. The van der Waals surface area contributed by atoms with E-state index in [0.717, 1.165) is 5.92 Å². The van der Waals surface area contributed by atoms with Gasteiger partial charge in [0, 0.05) is 6.54 Å². The lowest BCUT2D eigenvalue weighted by Crippen LogP contribution is -2.44. The van der Waals surface area contributed by atoms with Crippen LogP contribution in [0.15, 0.2) is 0 Å². The van der Waals surface area contributed by atoms with Gasteiger partial charge in [-0.2, -0.15) is 0 Å². The zero-order valence-corrected chi connectivity index (χ0v) is 8.35. The van der Waals surface area contributed by atoms with Crippen molar-refractivity contribution in [2.45, 2.75) is 33.6 Å². The number of hydrogen-bond acceptors (Lipinski definition) is 1. The molecule has 0 bridgehead atoms. The molecule has 11 heavy (non-hydrogen) atoms. The van der Waals surface area contributed by atoms with Crippen LogP contribution in [0, 0.1) is 11.3 Å². The summed E-state index contributed by atoms with van der Waals surface area (Å²) in [4.78, 5) is 2.43. The van der Waals surface area contributed by atoms with E-state index in [1.807, 2.05) is 0 Å². The Morgan fingerprint density at radius 3 is 2.45 bits per heavy atom. The monoisotopic (exact) mass is 155 g/mol. The molecule has 1 aliphatic rings. The average Bonchev–Trinajstić information content (AvgIpc) is 2.01. The average molecular weight is 155 g/mol. The van der Waals surface area contributed by atoms with Crippen LogP contribution in [0.1, 0.15) is 33.6 Å². The highest BCUT2D eigenvalue weighted by atomic mass is 15.1. The van der Waals surface area contributed by atoms with Crippen molar-refractivity contribution in [2.75, 3.05) is 20.1 Å². The van der Waals surface area contributed by atoms with Crippen molar-refractivity contribution in [3.63, 3.8) is 0 Å². The lowest BCUT2D eigenvalue weighted by molar-refractivity contribution is 0.0300. The molecule has 0 aromatic carbocycles. The third-order valence-electron chi connectivity index (χ3n) is 3.51. The summed E-state index contributed by atoms with van der Waals surface area (Å²) >= 11 is 0. The molecule has 0 saturated heterocycles. The maximum Gasteiger partial charge on any atom is 0.00347 e. The normalized spacial score (nSPS) is 37.4. The number of nitrogens with zero attached hydrogens (tertiary/aromatic N) is 1. The third kappa shape index (κ3) is 1.76. The van der Waals surface area contributed by atoms with E-state index in [-0.39, 0.29) is 0 Å². The fraction of sp³-hybridized carbons (Fsp3) is 1.00. The standard InChI is InChI=1S/C10H21N/c1-5-11(4)8-10(3)7-6-9(10)2/h9H,5-8H2,1-4H3/t9?,10-/m1/s1. The Kier molecular flexibility index (Phi) is 2.58. The molecule has 1 nitrogen and oxygen atoms in total. The van der Waals surface area contributed by atoms with Crippen molar-refractivity contribution >= 4 is 0 Å². The highest BCUT2D eigenvalue weighted by molar-refractivity contribution is 4.91. The summed E-state index contributed by atoms with van der Waals surface area (Å²) in [6.45, 7) is 9.50. The van der Waals surface area contributed by atoms with Gasteiger partial charge in [-0.15, -0.1) is 0 Å². The lowest BCUT2D eigenvalue weighted by atomic mass is 9.62. The SMILES string of the molecule is CCN(C)C[C@@]1(C)CCC1C. The molecule has 0 spiro atoms. The van der Waals surface area contributed by atoms with Gasteiger partial charge in [-0.05, 0) is 37.8 Å². The van der Waals surface area contributed by atoms with Crippen LogP contribution in [0.5, 0.6) is 0 Å². The molecule has 1 fully saturated rings. The molecule has 1 unspecified atom stereocenters. The molecule has 0 aliphatic heterocycles. The second-order valence-corrected chi connectivity index (χ2v) is 4.42. The molecule has 1 aliphatic carbocycles. The van der Waals surface area contributed by atoms with Crippen LogP contribution in [0.25, 0.3) is 0 Å². The Labute approximate surface area is 70.8 Å². The summed E-state index contributed by atoms with van der Waals surface area (Å²) in [5.41, 5.74) is 0.630. The molecule has 0 radical (unpaired) electrons. The van der Waals surface area contributed by atoms with E-state index >= 15 is 0 Å². The smallest absolute Gasteiger partial charge is 0.00347 e. The molecule has 2 atom stereocenters. The molecular weight excluding hydrogens is 134 g/mol. The van der Waals surface area contributed by atoms with Gasteiger partial charge in [-0.3, -0.25) is 0 Å². The molecule has 1 rings (SSSR count). The molecule has 0 amide bonds. The van der Waals surface area contributed by atoms with E-state index in [2.05, 4.69) is 32.7 Å². The summed E-state index contributed by atoms with van der Waals surface area (Å²) < 4.78 is 0. The minimum Gasteiger partial charge on any atom is -0.306 e. The first-order chi connectivity index (χ1) is 5.08. The van der Waals surface area contributed by atoms with Crippen LogP contribution in [0.2, 0.25) is 0 Å². The van der Waals surface area contributed by atoms with Gasteiger partial charge in [0.25, 0.3) is 0 Å². The largest absolute Gasteiger partial charge is 0.306 e. The zero-order valence-electron chi connectivity index (χ0n) is 8.35. The van der Waals surface area contributed by atoms with Crippen molar-refractivity contribution in [3.05, 3.63) is 0 Å². The lowest BCUT2D eigenvalue weighted by Gasteiger charge is -2.47. The highest BCUT2D eigenvalue weighted by Crippen LogP contribution is 2.46. The van der Waals surface area contributed by atoms with Gasteiger partial charge in [0.1, 0.15) is 0 Å². The number of hydrogen-bond donors (Lipinski definition) is 0. The number of rotatable bonds is 3. The maximum absolute atomic E-state index is 2.43. The second kappa shape index (κ2) is 3.14. The van der Waals surface area contributed by atoms with Crippen LogP contribution >= 0.6 is 0 Å². The van der Waals surface area contributed by atoms with E-state index in [1.165, 1.54) is 25.9 Å². The van der Waals surface area contributed by atoms with Crippen molar-refractivity contribution in [1.29, 1.82) is 0 Å². The van der Waals surface area contributed by atoms with E-state index in [0.29, 0.717) is 5.41 Å². The first-order valence-electron chi connectivity index (χ1n) is 4.77. The van der Waals surface area contributed by atoms with E-state index < -0.39 is 0 Å². The molecule has 1 heteroatoms. The van der Waals surface area contributed by atoms with Crippen molar-refractivity contribution < 1.29 is 0 Å². The summed E-state index contributed by atoms with van der Waals surface area (Å²) in [5.74, 6) is 0.941. The van der Waals surface area contributed by atoms with Crippen molar-refractivity contribution in [3.8, 4) is 0 Å².